The van der Waals surface area contributed by atoms with Gasteiger partial charge in [0, 0.05) is 17.0 Å². The third kappa shape index (κ3) is 5.45. The number of fused-ring (bicyclic) bond motifs is 2. The monoisotopic (exact) mass is 592 g/mol. The molecule has 3 saturated carbocycles. The fraction of sp³-hybridized carbons (Fsp3) is 0.529. The minimum atomic E-state index is -0.906. The number of nitrogens with zero attached hydrogens (tertiary/aromatic N) is 2. The van der Waals surface area contributed by atoms with Crippen LogP contribution in [0, 0.1) is 34.5 Å². The summed E-state index contributed by atoms with van der Waals surface area (Å²) in [5.74, 6) is 1.89. The summed E-state index contributed by atoms with van der Waals surface area (Å²) in [5.41, 5.74) is 3.01. The first-order valence-corrected chi connectivity index (χ1v) is 15.6. The summed E-state index contributed by atoms with van der Waals surface area (Å²) in [7, 11) is 0. The van der Waals surface area contributed by atoms with Gasteiger partial charge in [-0.05, 0) is 99.8 Å². The predicted octanol–water partition coefficient (Wildman–Crippen LogP) is 8.85. The molecule has 1 aromatic heterocycles. The van der Waals surface area contributed by atoms with Crippen molar-refractivity contribution >= 4 is 23.2 Å². The van der Waals surface area contributed by atoms with E-state index in [1.54, 1.807) is 0 Å². The second kappa shape index (κ2) is 11.0. The van der Waals surface area contributed by atoms with Crippen LogP contribution in [-0.4, -0.2) is 16.4 Å². The Labute approximate surface area is 252 Å². The van der Waals surface area contributed by atoms with E-state index in [0.717, 1.165) is 61.0 Å². The number of aromatic nitrogens is 1. The van der Waals surface area contributed by atoms with Crippen molar-refractivity contribution in [2.45, 2.75) is 89.9 Å². The van der Waals surface area contributed by atoms with Crippen molar-refractivity contribution in [2.24, 2.45) is 23.2 Å². The molecule has 216 valence electrons. The number of halogens is 2. The van der Waals surface area contributed by atoms with E-state index in [1.165, 1.54) is 0 Å². The molecule has 2 bridgehead atoms. The molecule has 3 aliphatic rings. The van der Waals surface area contributed by atoms with Crippen molar-refractivity contribution in [1.29, 1.82) is 5.26 Å². The van der Waals surface area contributed by atoms with Crippen LogP contribution in [0.5, 0.6) is 0 Å². The van der Waals surface area contributed by atoms with Crippen molar-refractivity contribution in [1.82, 2.24) is 5.16 Å². The van der Waals surface area contributed by atoms with Crippen LogP contribution in [0.25, 0.3) is 11.3 Å². The minimum absolute atomic E-state index is 0.0106. The smallest absolute Gasteiger partial charge is 0.145 e. The topological polar surface area (TPSA) is 79.3 Å². The van der Waals surface area contributed by atoms with Crippen molar-refractivity contribution in [3.8, 4) is 17.3 Å². The van der Waals surface area contributed by atoms with Crippen LogP contribution in [0.3, 0.4) is 0 Å². The van der Waals surface area contributed by atoms with Crippen LogP contribution in [0.15, 0.2) is 47.0 Å². The van der Waals surface area contributed by atoms with Crippen LogP contribution in [-0.2, 0) is 23.4 Å². The van der Waals surface area contributed by atoms with Crippen LogP contribution in [0.2, 0.25) is 10.0 Å². The first-order valence-electron chi connectivity index (χ1n) is 14.9. The van der Waals surface area contributed by atoms with E-state index in [9.17, 15) is 10.4 Å². The molecule has 3 fully saturated rings. The first kappa shape index (κ1) is 28.7. The summed E-state index contributed by atoms with van der Waals surface area (Å²) in [6.07, 6.45) is 6.42. The molecule has 0 saturated heterocycles. The fourth-order valence-electron chi connectivity index (χ4n) is 7.40. The van der Waals surface area contributed by atoms with Gasteiger partial charge in [0.2, 0.25) is 0 Å². The lowest BCUT2D eigenvalue weighted by Gasteiger charge is -2.36. The van der Waals surface area contributed by atoms with Gasteiger partial charge in [0.05, 0.1) is 39.8 Å². The van der Waals surface area contributed by atoms with Crippen molar-refractivity contribution in [2.75, 3.05) is 0 Å². The first-order chi connectivity index (χ1) is 19.6. The molecule has 5 atom stereocenters. The zero-order valence-corrected chi connectivity index (χ0v) is 25.5. The zero-order valence-electron chi connectivity index (χ0n) is 24.0. The van der Waals surface area contributed by atoms with Gasteiger partial charge in [-0.15, -0.1) is 0 Å². The molecule has 41 heavy (non-hydrogen) atoms. The number of rotatable bonds is 8. The molecule has 2 aromatic carbocycles. The van der Waals surface area contributed by atoms with Gasteiger partial charge in [-0.2, -0.15) is 5.26 Å². The molecule has 1 N–H and O–H groups in total. The molecule has 0 amide bonds. The number of hydrogen-bond acceptors (Lipinski definition) is 5. The van der Waals surface area contributed by atoms with Crippen molar-refractivity contribution in [3.63, 3.8) is 0 Å². The summed E-state index contributed by atoms with van der Waals surface area (Å²) in [5, 5.41) is 27.5. The van der Waals surface area contributed by atoms with E-state index in [-0.39, 0.29) is 17.9 Å². The molecule has 0 unspecified atom stereocenters. The van der Waals surface area contributed by atoms with Gasteiger partial charge < -0.3 is 14.4 Å². The molecule has 0 aliphatic heterocycles. The molecule has 7 heteroatoms. The van der Waals surface area contributed by atoms with Crippen molar-refractivity contribution < 1.29 is 14.4 Å². The summed E-state index contributed by atoms with van der Waals surface area (Å²) >= 11 is 13.1. The lowest BCUT2D eigenvalue weighted by atomic mass is 9.75. The van der Waals surface area contributed by atoms with Gasteiger partial charge in [-0.1, -0.05) is 65.6 Å². The highest BCUT2D eigenvalue weighted by Crippen LogP contribution is 2.57. The maximum Gasteiger partial charge on any atom is 0.145 e. The Morgan fingerprint density at radius 2 is 1.83 bits per heavy atom. The van der Waals surface area contributed by atoms with E-state index in [0.29, 0.717) is 46.2 Å². The summed E-state index contributed by atoms with van der Waals surface area (Å²) < 4.78 is 12.5. The fourth-order valence-corrected chi connectivity index (χ4v) is 7.97. The molecule has 6 rings (SSSR count). The highest BCUT2D eigenvalue weighted by molar-refractivity contribution is 6.39. The van der Waals surface area contributed by atoms with E-state index < -0.39 is 11.0 Å². The van der Waals surface area contributed by atoms with E-state index in [1.807, 2.05) is 38.1 Å². The Balaban J connectivity index is 1.25. The molecular formula is C34H38Cl2N2O3. The number of aliphatic hydroxyl groups is 1. The Morgan fingerprint density at radius 3 is 2.54 bits per heavy atom. The number of nitriles is 1. The van der Waals surface area contributed by atoms with E-state index >= 15 is 0 Å². The third-order valence-electron chi connectivity index (χ3n) is 9.65. The van der Waals surface area contributed by atoms with Gasteiger partial charge in [-0.25, -0.2) is 0 Å². The molecule has 5 nitrogen and oxygen atoms in total. The maximum atomic E-state index is 12.4. The average molecular weight is 594 g/mol. The van der Waals surface area contributed by atoms with Gasteiger partial charge in [0.1, 0.15) is 11.5 Å². The summed E-state index contributed by atoms with van der Waals surface area (Å²) in [4.78, 5) is 0. The average Bonchev–Trinajstić information content (AvgIpc) is 3.67. The second-order valence-corrected chi connectivity index (χ2v) is 14.0. The number of benzene rings is 2. The number of hydrogen-bond donors (Lipinski definition) is 1. The van der Waals surface area contributed by atoms with Crippen LogP contribution >= 0.6 is 23.2 Å². The van der Waals surface area contributed by atoms with Gasteiger partial charge in [-0.3, -0.25) is 0 Å². The molecular weight excluding hydrogens is 555 g/mol. The Kier molecular flexibility index (Phi) is 7.74. The second-order valence-electron chi connectivity index (χ2n) is 13.2. The summed E-state index contributed by atoms with van der Waals surface area (Å²) in [6, 6.07) is 16.2. The quantitative estimate of drug-likeness (QED) is 0.282. The third-order valence-corrected chi connectivity index (χ3v) is 10.3. The Morgan fingerprint density at radius 1 is 1.10 bits per heavy atom. The normalized spacial score (nSPS) is 27.9. The molecule has 3 aromatic rings. The standard InChI is InChI=1S/C34H38Cl2N2O3/c1-20-14-24-12-13-25(16-27(20)34(24,39)23-7-4-6-21(15-23)17-33(2,3)19-37)40-18-26-31(38-41-32(26)22-10-11-22)30-28(35)8-5-9-29(30)36/h4-9,15,20,22,24-25,27,39H,10-14,16-18H2,1-3H3/t20-,24+,25+,27+,34-/m0/s1. The molecule has 0 radical (unpaired) electrons. The lowest BCUT2D eigenvalue weighted by Crippen LogP contribution is -2.37. The molecule has 1 heterocycles. The highest BCUT2D eigenvalue weighted by Gasteiger charge is 2.55. The zero-order chi connectivity index (χ0) is 28.9. The van der Waals surface area contributed by atoms with E-state index in [2.05, 4.69) is 36.3 Å². The predicted molar refractivity (Wildman–Crippen MR) is 161 cm³/mol. The molecule has 0 spiro atoms. The summed E-state index contributed by atoms with van der Waals surface area (Å²) in [6.45, 7) is 6.56. The van der Waals surface area contributed by atoms with Gasteiger partial charge in [0.15, 0.2) is 0 Å². The highest BCUT2D eigenvalue weighted by atomic mass is 35.5. The van der Waals surface area contributed by atoms with Gasteiger partial charge in [0.25, 0.3) is 0 Å². The number of ether oxygens (including phenoxy) is 1. The van der Waals surface area contributed by atoms with Crippen LogP contribution in [0.1, 0.15) is 87.7 Å². The van der Waals surface area contributed by atoms with Gasteiger partial charge >= 0.3 is 0 Å². The largest absolute Gasteiger partial charge is 0.385 e. The van der Waals surface area contributed by atoms with Crippen molar-refractivity contribution in [3.05, 3.63) is 75.0 Å². The minimum Gasteiger partial charge on any atom is -0.385 e. The van der Waals surface area contributed by atoms with E-state index in [4.69, 9.17) is 32.5 Å². The maximum absolute atomic E-state index is 12.4. The molecule has 3 aliphatic carbocycles. The Hall–Kier alpha value is -2.36. The van der Waals surface area contributed by atoms with Crippen LogP contribution in [0.4, 0.5) is 0 Å². The Bertz CT molecular complexity index is 1450. The van der Waals surface area contributed by atoms with Crippen LogP contribution < -0.4 is 0 Å². The lowest BCUT2D eigenvalue weighted by molar-refractivity contribution is -0.0560. The SMILES string of the molecule is C[C@H]1C[C@H]2CC[C@@H](OCc3c(-c4c(Cl)cccc4Cl)noc3C3CC3)C[C@H]1[C@]2(O)c1cccc(CC(C)(C)C#N)c1.